The number of aromatic nitrogens is 5. The lowest BCUT2D eigenvalue weighted by Gasteiger charge is -2.13. The Hall–Kier alpha value is -3.65. The number of thioether (sulfide) groups is 1. The van der Waals surface area contributed by atoms with Crippen LogP contribution in [0.5, 0.6) is 0 Å². The van der Waals surface area contributed by atoms with Crippen LogP contribution in [0, 0.1) is 13.8 Å². The highest BCUT2D eigenvalue weighted by molar-refractivity contribution is 7.99. The Kier molecular flexibility index (Phi) is 6.06. The molecule has 0 saturated heterocycles. The molecule has 5 aromatic rings. The van der Waals surface area contributed by atoms with Gasteiger partial charge in [0.15, 0.2) is 10.9 Å². The van der Waals surface area contributed by atoms with Gasteiger partial charge in [-0.2, -0.15) is 0 Å². The second-order valence-corrected chi connectivity index (χ2v) is 9.91. The number of para-hydroxylation sites is 1. The Morgan fingerprint density at radius 1 is 1.00 bits per heavy atom. The summed E-state index contributed by atoms with van der Waals surface area (Å²) in [5.74, 6) is 0.745. The van der Waals surface area contributed by atoms with E-state index in [2.05, 4.69) is 28.6 Å². The van der Waals surface area contributed by atoms with Crippen molar-refractivity contribution >= 4 is 34.2 Å². The van der Waals surface area contributed by atoms with E-state index in [4.69, 9.17) is 0 Å². The third-order valence-corrected chi connectivity index (χ3v) is 7.22. The van der Waals surface area contributed by atoms with Gasteiger partial charge in [-0.1, -0.05) is 54.2 Å². The van der Waals surface area contributed by atoms with E-state index in [1.165, 1.54) is 11.8 Å². The van der Waals surface area contributed by atoms with Crippen LogP contribution in [0.1, 0.15) is 47.2 Å². The molecule has 0 fully saturated rings. The maximum atomic E-state index is 13.4. The van der Waals surface area contributed by atoms with Crippen molar-refractivity contribution in [3.8, 4) is 0 Å². The molecule has 35 heavy (non-hydrogen) atoms. The second-order valence-electron chi connectivity index (χ2n) is 8.97. The molecule has 0 radical (unpaired) electrons. The predicted molar refractivity (Wildman–Crippen MR) is 140 cm³/mol. The third kappa shape index (κ3) is 4.08. The van der Waals surface area contributed by atoms with E-state index in [1.807, 2.05) is 78.9 Å². The standard InChI is InChI=1S/C27H27N5O2S/c1-17(2)31-18(3)14-22(19(31)4)24(33)16-35-27-29-28-26-30(15-20-10-6-5-7-11-20)25(34)21-12-8-9-13-23(21)32(26)27/h5-14,17H,15-16H2,1-4H3. The smallest absolute Gasteiger partial charge is 0.263 e. The quantitative estimate of drug-likeness (QED) is 0.238. The molecule has 3 heterocycles. The van der Waals surface area contributed by atoms with Crippen molar-refractivity contribution in [1.82, 2.24) is 23.7 Å². The predicted octanol–water partition coefficient (Wildman–Crippen LogP) is 5.07. The molecule has 2 aromatic carbocycles. The van der Waals surface area contributed by atoms with Crippen LogP contribution in [0.4, 0.5) is 0 Å². The Morgan fingerprint density at radius 3 is 2.43 bits per heavy atom. The summed E-state index contributed by atoms with van der Waals surface area (Å²) in [5, 5.41) is 9.94. The number of fused-ring (bicyclic) bond motifs is 3. The van der Waals surface area contributed by atoms with Gasteiger partial charge in [0.25, 0.3) is 5.56 Å². The average Bonchev–Trinajstić information content (AvgIpc) is 3.41. The number of ketones is 1. The molecule has 0 aliphatic heterocycles. The van der Waals surface area contributed by atoms with Gasteiger partial charge in [0.05, 0.1) is 23.2 Å². The fourth-order valence-corrected chi connectivity index (χ4v) is 5.62. The van der Waals surface area contributed by atoms with Crippen LogP contribution in [-0.4, -0.2) is 35.3 Å². The summed E-state index contributed by atoms with van der Waals surface area (Å²) in [5.41, 5.74) is 4.42. The van der Waals surface area contributed by atoms with E-state index in [-0.39, 0.29) is 23.1 Å². The third-order valence-electron chi connectivity index (χ3n) is 6.30. The molecule has 7 nitrogen and oxygen atoms in total. The number of hydrogen-bond donors (Lipinski definition) is 0. The zero-order valence-corrected chi connectivity index (χ0v) is 21.0. The summed E-state index contributed by atoms with van der Waals surface area (Å²) in [6.07, 6.45) is 0. The molecule has 0 bridgehead atoms. The van der Waals surface area contributed by atoms with Crippen LogP contribution >= 0.6 is 11.8 Å². The summed E-state index contributed by atoms with van der Waals surface area (Å²) >= 11 is 1.34. The first-order valence-electron chi connectivity index (χ1n) is 11.6. The van der Waals surface area contributed by atoms with Crippen molar-refractivity contribution in [2.24, 2.45) is 0 Å². The number of carbonyl (C=O) groups is 1. The summed E-state index contributed by atoms with van der Waals surface area (Å²) in [4.78, 5) is 26.5. The number of nitrogens with zero attached hydrogens (tertiary/aromatic N) is 5. The van der Waals surface area contributed by atoms with Gasteiger partial charge in [-0.3, -0.25) is 18.6 Å². The van der Waals surface area contributed by atoms with Crippen LogP contribution < -0.4 is 5.56 Å². The van der Waals surface area contributed by atoms with E-state index in [0.29, 0.717) is 22.9 Å². The van der Waals surface area contributed by atoms with Crippen LogP contribution in [-0.2, 0) is 6.54 Å². The van der Waals surface area contributed by atoms with E-state index in [0.717, 1.165) is 28.0 Å². The lowest BCUT2D eigenvalue weighted by Crippen LogP contribution is -2.24. The van der Waals surface area contributed by atoms with Crippen molar-refractivity contribution in [3.05, 3.63) is 93.5 Å². The molecule has 3 aromatic heterocycles. The van der Waals surface area contributed by atoms with Gasteiger partial charge in [-0.05, 0) is 51.5 Å². The van der Waals surface area contributed by atoms with Crippen molar-refractivity contribution in [3.63, 3.8) is 0 Å². The molecule has 0 N–H and O–H groups in total. The van der Waals surface area contributed by atoms with Crippen LogP contribution in [0.2, 0.25) is 0 Å². The lowest BCUT2D eigenvalue weighted by atomic mass is 10.2. The van der Waals surface area contributed by atoms with Crippen molar-refractivity contribution in [2.45, 2.75) is 45.4 Å². The fraction of sp³-hybridized carbons (Fsp3) is 0.259. The maximum Gasteiger partial charge on any atom is 0.263 e. The van der Waals surface area contributed by atoms with Crippen LogP contribution in [0.25, 0.3) is 16.7 Å². The Bertz CT molecular complexity index is 1610. The molecule has 0 saturated carbocycles. The molecule has 8 heteroatoms. The van der Waals surface area contributed by atoms with Crippen LogP contribution in [0.3, 0.4) is 0 Å². The second kappa shape index (κ2) is 9.19. The summed E-state index contributed by atoms with van der Waals surface area (Å²) in [6.45, 7) is 8.64. The number of aryl methyl sites for hydroxylation is 1. The van der Waals surface area contributed by atoms with Crippen molar-refractivity contribution in [2.75, 3.05) is 5.75 Å². The van der Waals surface area contributed by atoms with Crippen molar-refractivity contribution < 1.29 is 4.79 Å². The molecule has 0 amide bonds. The Morgan fingerprint density at radius 2 is 1.71 bits per heavy atom. The first-order valence-corrected chi connectivity index (χ1v) is 12.6. The van der Waals surface area contributed by atoms with Gasteiger partial charge in [0, 0.05) is 23.0 Å². The first kappa shape index (κ1) is 23.1. The molecule has 0 spiro atoms. The average molecular weight is 486 g/mol. The monoisotopic (exact) mass is 485 g/mol. The van der Waals surface area contributed by atoms with Gasteiger partial charge in [-0.25, -0.2) is 0 Å². The largest absolute Gasteiger partial charge is 0.346 e. The van der Waals surface area contributed by atoms with Crippen molar-refractivity contribution in [1.29, 1.82) is 0 Å². The molecule has 0 aliphatic rings. The van der Waals surface area contributed by atoms with Gasteiger partial charge < -0.3 is 4.57 Å². The van der Waals surface area contributed by atoms with E-state index < -0.39 is 0 Å². The summed E-state index contributed by atoms with van der Waals surface area (Å²) in [7, 11) is 0. The van der Waals surface area contributed by atoms with Crippen LogP contribution in [0.15, 0.2) is 70.6 Å². The molecule has 0 unspecified atom stereocenters. The van der Waals surface area contributed by atoms with E-state index >= 15 is 0 Å². The van der Waals surface area contributed by atoms with E-state index in [9.17, 15) is 9.59 Å². The Balaban J connectivity index is 1.54. The van der Waals surface area contributed by atoms with Gasteiger partial charge in [-0.15, -0.1) is 10.2 Å². The summed E-state index contributed by atoms with van der Waals surface area (Å²) in [6, 6.07) is 19.5. The first-order chi connectivity index (χ1) is 16.9. The number of Topliss-reactive ketones (excluding diaryl/α,β-unsaturated/α-hetero) is 1. The Labute approximate surface area is 207 Å². The van der Waals surface area contributed by atoms with Gasteiger partial charge in [0.2, 0.25) is 5.78 Å². The molecule has 0 aliphatic carbocycles. The molecular formula is C27H27N5O2S. The molecule has 0 atom stereocenters. The highest BCUT2D eigenvalue weighted by Crippen LogP contribution is 2.25. The minimum atomic E-state index is -0.113. The number of carbonyl (C=O) groups excluding carboxylic acids is 1. The van der Waals surface area contributed by atoms with Gasteiger partial charge in [0.1, 0.15) is 0 Å². The lowest BCUT2D eigenvalue weighted by molar-refractivity contribution is 0.102. The van der Waals surface area contributed by atoms with E-state index in [1.54, 1.807) is 4.57 Å². The zero-order chi connectivity index (χ0) is 24.7. The number of rotatable bonds is 7. The number of benzene rings is 2. The molecular weight excluding hydrogens is 458 g/mol. The minimum Gasteiger partial charge on any atom is -0.346 e. The molecule has 5 rings (SSSR count). The normalized spacial score (nSPS) is 11.7. The maximum absolute atomic E-state index is 13.4. The SMILES string of the molecule is Cc1cc(C(=O)CSc2nnc3n(Cc4ccccc4)c(=O)c4ccccc4n23)c(C)n1C(C)C. The fourth-order valence-electron chi connectivity index (χ4n) is 4.80. The topological polar surface area (TPSA) is 74.2 Å². The summed E-state index contributed by atoms with van der Waals surface area (Å²) < 4.78 is 5.71. The molecule has 178 valence electrons. The number of hydrogen-bond acceptors (Lipinski definition) is 5. The minimum absolute atomic E-state index is 0.0497. The van der Waals surface area contributed by atoms with Gasteiger partial charge >= 0.3 is 0 Å². The zero-order valence-electron chi connectivity index (χ0n) is 20.2. The highest BCUT2D eigenvalue weighted by atomic mass is 32.2. The highest BCUT2D eigenvalue weighted by Gasteiger charge is 2.20.